The van der Waals surface area contributed by atoms with Crippen LogP contribution in [-0.4, -0.2) is 11.2 Å². The van der Waals surface area contributed by atoms with Crippen molar-refractivity contribution in [1.29, 1.82) is 0 Å². The fourth-order valence-electron chi connectivity index (χ4n) is 0.787. The average molecular weight is 125 g/mol. The van der Waals surface area contributed by atoms with E-state index < -0.39 is 0 Å². The lowest BCUT2D eigenvalue weighted by atomic mass is 9.98. The van der Waals surface area contributed by atoms with Gasteiger partial charge in [-0.3, -0.25) is 0 Å². The van der Waals surface area contributed by atoms with Crippen LogP contribution in [-0.2, 0) is 0 Å². The first kappa shape index (κ1) is 8.52. The molecule has 0 spiro atoms. The van der Waals surface area contributed by atoms with Crippen LogP contribution >= 0.6 is 0 Å². The summed E-state index contributed by atoms with van der Waals surface area (Å²) in [5, 5.41) is 9.02. The summed E-state index contributed by atoms with van der Waals surface area (Å²) >= 11 is 0. The Morgan fingerprint density at radius 2 is 2.22 bits per heavy atom. The molecule has 1 radical (unpaired) electrons. The van der Waals surface area contributed by atoms with E-state index in [9.17, 15) is 0 Å². The average Bonchev–Trinajstić information content (AvgIpc) is 1.82. The first-order valence-corrected chi connectivity index (χ1v) is 3.30. The van der Waals surface area contributed by atoms with Gasteiger partial charge in [-0.2, -0.15) is 0 Å². The molecule has 1 heteroatoms. The van der Waals surface area contributed by atoms with E-state index in [1.165, 1.54) is 0 Å². The van der Waals surface area contributed by atoms with Crippen LogP contribution in [0.15, 0.2) is 0 Å². The van der Waals surface area contributed by atoms with Crippen molar-refractivity contribution in [2.45, 2.75) is 32.8 Å². The van der Waals surface area contributed by atoms with Gasteiger partial charge in [-0.25, -0.2) is 0 Å². The van der Waals surface area contributed by atoms with Crippen molar-refractivity contribution < 1.29 is 5.11 Å². The summed E-state index contributed by atoms with van der Waals surface area (Å²) in [5.74, 6) is 2.51. The van der Waals surface area contributed by atoms with Crippen LogP contribution in [0.4, 0.5) is 0 Å². The summed E-state index contributed by atoms with van der Waals surface area (Å²) in [6.45, 7) is 3.76. The molecule has 9 heavy (non-hydrogen) atoms. The van der Waals surface area contributed by atoms with Crippen molar-refractivity contribution >= 4 is 0 Å². The van der Waals surface area contributed by atoms with Gasteiger partial charge in [0.05, 0.1) is 6.10 Å². The minimum Gasteiger partial charge on any atom is -0.393 e. The van der Waals surface area contributed by atoms with Gasteiger partial charge < -0.3 is 5.11 Å². The summed E-state index contributed by atoms with van der Waals surface area (Å²) in [5.41, 5.74) is 0. The summed E-state index contributed by atoms with van der Waals surface area (Å²) in [6.07, 6.45) is 7.87. The molecule has 2 atom stereocenters. The Hall–Kier alpha value is -0.480. The van der Waals surface area contributed by atoms with Gasteiger partial charge in [0, 0.05) is 6.42 Å². The Labute approximate surface area is 57.1 Å². The topological polar surface area (TPSA) is 20.2 Å². The van der Waals surface area contributed by atoms with Crippen molar-refractivity contribution in [3.8, 4) is 5.92 Å². The van der Waals surface area contributed by atoms with Crippen LogP contribution in [0.5, 0.6) is 0 Å². The lowest BCUT2D eigenvalue weighted by Gasteiger charge is -2.13. The van der Waals surface area contributed by atoms with Crippen molar-refractivity contribution in [1.82, 2.24) is 0 Å². The number of aliphatic hydroxyl groups is 1. The fraction of sp³-hybridized carbons (Fsp3) is 0.750. The molecule has 0 rings (SSSR count). The zero-order valence-electron chi connectivity index (χ0n) is 6.02. The largest absolute Gasteiger partial charge is 0.393 e. The first-order valence-electron chi connectivity index (χ1n) is 3.30. The fourth-order valence-corrected chi connectivity index (χ4v) is 0.787. The molecule has 0 aromatic carbocycles. The zero-order valence-corrected chi connectivity index (χ0v) is 6.02. The molecule has 0 aliphatic heterocycles. The number of aliphatic hydroxyl groups excluding tert-OH is 1. The van der Waals surface area contributed by atoms with E-state index in [1.807, 2.05) is 6.92 Å². The van der Waals surface area contributed by atoms with Crippen LogP contribution in [0, 0.1) is 18.3 Å². The summed E-state index contributed by atoms with van der Waals surface area (Å²) in [7, 11) is 0. The molecule has 0 aliphatic rings. The van der Waals surface area contributed by atoms with Gasteiger partial charge in [-0.1, -0.05) is 12.8 Å². The first-order chi connectivity index (χ1) is 4.22. The second-order valence-corrected chi connectivity index (χ2v) is 2.29. The molecule has 1 nitrogen and oxygen atoms in total. The molecule has 0 saturated carbocycles. The third-order valence-corrected chi connectivity index (χ3v) is 1.57. The smallest absolute Gasteiger partial charge is 0.0549 e. The number of hydrogen-bond acceptors (Lipinski definition) is 1. The Bertz CT molecular complexity index is 99.6. The van der Waals surface area contributed by atoms with Gasteiger partial charge in [-0.15, -0.1) is 0 Å². The summed E-state index contributed by atoms with van der Waals surface area (Å²) in [4.78, 5) is 0. The van der Waals surface area contributed by atoms with E-state index in [4.69, 9.17) is 11.5 Å². The number of hydrogen-bond donors (Lipinski definition) is 1. The van der Waals surface area contributed by atoms with Crippen molar-refractivity contribution in [2.24, 2.45) is 5.92 Å². The standard InChI is InChI=1S/C8H13O/c1-4-6-8(5-2)7(3)9/h7-9H,5-6H2,2-3H3. The van der Waals surface area contributed by atoms with Crippen molar-refractivity contribution in [2.75, 3.05) is 0 Å². The van der Waals surface area contributed by atoms with Crippen LogP contribution in [0.2, 0.25) is 0 Å². The Balaban J connectivity index is 3.57. The molecule has 1 N–H and O–H groups in total. The third kappa shape index (κ3) is 3.16. The lowest BCUT2D eigenvalue weighted by molar-refractivity contribution is 0.125. The molecule has 0 fully saturated rings. The maximum absolute atomic E-state index is 9.02. The minimum atomic E-state index is -0.298. The van der Waals surface area contributed by atoms with E-state index in [1.54, 1.807) is 6.92 Å². The summed E-state index contributed by atoms with van der Waals surface area (Å²) < 4.78 is 0. The molecular weight excluding hydrogens is 112 g/mol. The Kier molecular flexibility index (Phi) is 4.17. The van der Waals surface area contributed by atoms with Crippen LogP contribution in [0.1, 0.15) is 26.7 Å². The van der Waals surface area contributed by atoms with Crippen LogP contribution < -0.4 is 0 Å². The van der Waals surface area contributed by atoms with E-state index in [0.717, 1.165) is 6.42 Å². The van der Waals surface area contributed by atoms with Gasteiger partial charge >= 0.3 is 0 Å². The third-order valence-electron chi connectivity index (χ3n) is 1.57. The highest BCUT2D eigenvalue weighted by molar-refractivity contribution is 4.81. The molecule has 51 valence electrons. The molecule has 0 amide bonds. The van der Waals surface area contributed by atoms with Gasteiger partial charge in [-0.05, 0) is 25.7 Å². The van der Waals surface area contributed by atoms with Gasteiger partial charge in [0.15, 0.2) is 0 Å². The van der Waals surface area contributed by atoms with E-state index in [0.29, 0.717) is 6.42 Å². The molecule has 2 unspecified atom stereocenters. The highest BCUT2D eigenvalue weighted by Crippen LogP contribution is 2.11. The molecule has 0 heterocycles. The Morgan fingerprint density at radius 1 is 1.67 bits per heavy atom. The maximum atomic E-state index is 9.02. The van der Waals surface area contributed by atoms with Crippen molar-refractivity contribution in [3.05, 3.63) is 6.42 Å². The van der Waals surface area contributed by atoms with Crippen LogP contribution in [0.25, 0.3) is 0 Å². The minimum absolute atomic E-state index is 0.225. The van der Waals surface area contributed by atoms with Gasteiger partial charge in [0.1, 0.15) is 0 Å². The van der Waals surface area contributed by atoms with E-state index in [-0.39, 0.29) is 12.0 Å². The molecule has 0 aromatic heterocycles. The summed E-state index contributed by atoms with van der Waals surface area (Å²) in [6, 6.07) is 0. The highest BCUT2D eigenvalue weighted by atomic mass is 16.3. The molecule has 0 saturated heterocycles. The Morgan fingerprint density at radius 3 is 2.33 bits per heavy atom. The molecule has 0 aliphatic carbocycles. The monoisotopic (exact) mass is 125 g/mol. The second kappa shape index (κ2) is 4.40. The normalized spacial score (nSPS) is 16.2. The molecule has 0 bridgehead atoms. The quantitative estimate of drug-likeness (QED) is 0.565. The second-order valence-electron chi connectivity index (χ2n) is 2.29. The highest BCUT2D eigenvalue weighted by Gasteiger charge is 2.09. The molecular formula is C8H13O. The predicted molar refractivity (Wildman–Crippen MR) is 37.2 cm³/mol. The maximum Gasteiger partial charge on any atom is 0.0549 e. The van der Waals surface area contributed by atoms with Gasteiger partial charge in [0.2, 0.25) is 0 Å². The van der Waals surface area contributed by atoms with Gasteiger partial charge in [0.25, 0.3) is 0 Å². The zero-order chi connectivity index (χ0) is 7.28. The predicted octanol–water partition coefficient (Wildman–Crippen LogP) is 1.37. The van der Waals surface area contributed by atoms with E-state index in [2.05, 4.69) is 5.92 Å². The van der Waals surface area contributed by atoms with E-state index >= 15 is 0 Å². The van der Waals surface area contributed by atoms with Crippen LogP contribution in [0.3, 0.4) is 0 Å². The molecule has 0 aromatic rings. The van der Waals surface area contributed by atoms with Crippen molar-refractivity contribution in [3.63, 3.8) is 0 Å². The SMILES string of the molecule is [C]#CCC(CC)C(C)O. The number of rotatable bonds is 3. The lowest BCUT2D eigenvalue weighted by Crippen LogP contribution is -2.14.